The summed E-state index contributed by atoms with van der Waals surface area (Å²) in [6.07, 6.45) is 0. The van der Waals surface area contributed by atoms with Crippen molar-refractivity contribution in [2.75, 3.05) is 6.61 Å². The van der Waals surface area contributed by atoms with Crippen LogP contribution in [0.4, 0.5) is 0 Å². The van der Waals surface area contributed by atoms with Crippen LogP contribution in [-0.4, -0.2) is 6.61 Å². The van der Waals surface area contributed by atoms with Crippen molar-refractivity contribution in [3.63, 3.8) is 0 Å². The lowest BCUT2D eigenvalue weighted by Gasteiger charge is -2.09. The molecule has 0 aliphatic heterocycles. The first kappa shape index (κ1) is 9.87. The highest BCUT2D eigenvalue weighted by Crippen LogP contribution is 2.29. The summed E-state index contributed by atoms with van der Waals surface area (Å²) in [7, 11) is 0. The second-order valence-electron chi connectivity index (χ2n) is 2.29. The van der Waals surface area contributed by atoms with E-state index in [4.69, 9.17) is 16.3 Å². The molecule has 0 spiro atoms. The Kier molecular flexibility index (Phi) is 3.89. The third kappa shape index (κ3) is 2.14. The van der Waals surface area contributed by atoms with E-state index in [1.807, 2.05) is 25.1 Å². The highest BCUT2D eigenvalue weighted by molar-refractivity contribution is 9.10. The van der Waals surface area contributed by atoms with E-state index in [2.05, 4.69) is 15.9 Å². The van der Waals surface area contributed by atoms with Crippen molar-refractivity contribution in [3.05, 3.63) is 28.2 Å². The van der Waals surface area contributed by atoms with Crippen LogP contribution < -0.4 is 4.74 Å². The summed E-state index contributed by atoms with van der Waals surface area (Å²) in [4.78, 5) is 0. The Morgan fingerprint density at radius 3 is 2.83 bits per heavy atom. The van der Waals surface area contributed by atoms with Gasteiger partial charge in [-0.05, 0) is 28.9 Å². The molecule has 0 bridgehead atoms. The summed E-state index contributed by atoms with van der Waals surface area (Å²) < 4.78 is 6.39. The van der Waals surface area contributed by atoms with E-state index in [0.717, 1.165) is 15.8 Å². The Morgan fingerprint density at radius 1 is 1.50 bits per heavy atom. The first-order chi connectivity index (χ1) is 5.79. The Morgan fingerprint density at radius 2 is 2.25 bits per heavy atom. The van der Waals surface area contributed by atoms with Gasteiger partial charge in [-0.2, -0.15) is 0 Å². The molecule has 0 saturated carbocycles. The first-order valence-corrected chi connectivity index (χ1v) is 5.08. The molecule has 0 aliphatic carbocycles. The quantitative estimate of drug-likeness (QED) is 0.744. The minimum absolute atomic E-state index is 0.481. The Labute approximate surface area is 85.8 Å². The lowest BCUT2D eigenvalue weighted by molar-refractivity contribution is 0.335. The minimum atomic E-state index is 0.481. The molecular formula is C9H10BrClO. The van der Waals surface area contributed by atoms with Crippen LogP contribution >= 0.6 is 27.5 Å². The van der Waals surface area contributed by atoms with Crippen molar-refractivity contribution >= 4 is 27.5 Å². The highest BCUT2D eigenvalue weighted by Gasteiger charge is 2.05. The number of hydrogen-bond donors (Lipinski definition) is 0. The summed E-state index contributed by atoms with van der Waals surface area (Å²) >= 11 is 9.14. The van der Waals surface area contributed by atoms with Gasteiger partial charge in [-0.3, -0.25) is 0 Å². The van der Waals surface area contributed by atoms with E-state index < -0.39 is 0 Å². The van der Waals surface area contributed by atoms with E-state index >= 15 is 0 Å². The molecule has 0 atom stereocenters. The largest absolute Gasteiger partial charge is 0.492 e. The van der Waals surface area contributed by atoms with Gasteiger partial charge in [0.15, 0.2) is 0 Å². The lowest BCUT2D eigenvalue weighted by atomic mass is 10.2. The minimum Gasteiger partial charge on any atom is -0.492 e. The molecule has 0 unspecified atom stereocenters. The van der Waals surface area contributed by atoms with Crippen molar-refractivity contribution in [2.45, 2.75) is 12.8 Å². The number of para-hydroxylation sites is 1. The van der Waals surface area contributed by atoms with Gasteiger partial charge in [0, 0.05) is 5.56 Å². The monoisotopic (exact) mass is 248 g/mol. The molecule has 0 aliphatic rings. The van der Waals surface area contributed by atoms with Crippen molar-refractivity contribution in [3.8, 4) is 5.75 Å². The van der Waals surface area contributed by atoms with E-state index in [1.165, 1.54) is 0 Å². The zero-order valence-electron chi connectivity index (χ0n) is 6.81. The predicted octanol–water partition coefficient (Wildman–Crippen LogP) is 3.59. The normalized spacial score (nSPS) is 9.92. The van der Waals surface area contributed by atoms with Crippen LogP contribution in [0.1, 0.15) is 12.5 Å². The molecule has 1 aromatic carbocycles. The Bertz CT molecular complexity index is 263. The second-order valence-corrected chi connectivity index (χ2v) is 3.42. The Hall–Kier alpha value is -0.210. The number of halogens is 2. The second kappa shape index (κ2) is 4.73. The zero-order chi connectivity index (χ0) is 8.97. The molecule has 3 heteroatoms. The van der Waals surface area contributed by atoms with Gasteiger partial charge in [0.25, 0.3) is 0 Å². The SMILES string of the molecule is CCOc1c(Br)cccc1CCl. The molecule has 12 heavy (non-hydrogen) atoms. The van der Waals surface area contributed by atoms with E-state index in [9.17, 15) is 0 Å². The number of alkyl halides is 1. The van der Waals surface area contributed by atoms with Crippen molar-refractivity contribution in [2.24, 2.45) is 0 Å². The van der Waals surface area contributed by atoms with Gasteiger partial charge in [0.1, 0.15) is 5.75 Å². The van der Waals surface area contributed by atoms with E-state index in [-0.39, 0.29) is 0 Å². The zero-order valence-corrected chi connectivity index (χ0v) is 9.15. The van der Waals surface area contributed by atoms with Gasteiger partial charge in [-0.15, -0.1) is 11.6 Å². The molecular weight excluding hydrogens is 239 g/mol. The third-order valence-corrected chi connectivity index (χ3v) is 2.39. The van der Waals surface area contributed by atoms with Gasteiger partial charge < -0.3 is 4.74 Å². The van der Waals surface area contributed by atoms with Gasteiger partial charge in [0.2, 0.25) is 0 Å². The molecule has 66 valence electrons. The first-order valence-electron chi connectivity index (χ1n) is 3.75. The van der Waals surface area contributed by atoms with Crippen molar-refractivity contribution in [1.82, 2.24) is 0 Å². The van der Waals surface area contributed by atoms with Crippen LogP contribution in [0.5, 0.6) is 5.75 Å². The van der Waals surface area contributed by atoms with Crippen LogP contribution in [0.3, 0.4) is 0 Å². The summed E-state index contributed by atoms with van der Waals surface area (Å²) in [6, 6.07) is 5.86. The van der Waals surface area contributed by atoms with Crippen LogP contribution in [0.15, 0.2) is 22.7 Å². The predicted molar refractivity (Wildman–Crippen MR) is 54.9 cm³/mol. The maximum absolute atomic E-state index is 5.74. The van der Waals surface area contributed by atoms with E-state index in [1.54, 1.807) is 0 Å². The maximum Gasteiger partial charge on any atom is 0.137 e. The number of rotatable bonds is 3. The van der Waals surface area contributed by atoms with Gasteiger partial charge in [0.05, 0.1) is 17.0 Å². The molecule has 0 saturated heterocycles. The molecule has 0 amide bonds. The van der Waals surface area contributed by atoms with Gasteiger partial charge in [-0.1, -0.05) is 12.1 Å². The Balaban J connectivity index is 3.02. The van der Waals surface area contributed by atoms with Gasteiger partial charge >= 0.3 is 0 Å². The fraction of sp³-hybridized carbons (Fsp3) is 0.333. The van der Waals surface area contributed by atoms with Crippen LogP contribution in [0.2, 0.25) is 0 Å². The molecule has 0 fully saturated rings. The molecule has 0 aromatic heterocycles. The third-order valence-electron chi connectivity index (χ3n) is 1.48. The maximum atomic E-state index is 5.74. The van der Waals surface area contributed by atoms with Crippen molar-refractivity contribution < 1.29 is 4.74 Å². The lowest BCUT2D eigenvalue weighted by Crippen LogP contribution is -1.95. The summed E-state index contributed by atoms with van der Waals surface area (Å²) in [5, 5.41) is 0. The average Bonchev–Trinajstić information content (AvgIpc) is 2.09. The molecule has 1 aromatic rings. The van der Waals surface area contributed by atoms with Crippen LogP contribution in [0, 0.1) is 0 Å². The summed E-state index contributed by atoms with van der Waals surface area (Å²) in [6.45, 7) is 2.62. The standard InChI is InChI=1S/C9H10BrClO/c1-2-12-9-7(6-11)4-3-5-8(9)10/h3-5H,2,6H2,1H3. The highest BCUT2D eigenvalue weighted by atomic mass is 79.9. The topological polar surface area (TPSA) is 9.23 Å². The smallest absolute Gasteiger partial charge is 0.137 e. The molecule has 1 nitrogen and oxygen atoms in total. The van der Waals surface area contributed by atoms with Crippen molar-refractivity contribution in [1.29, 1.82) is 0 Å². The molecule has 0 N–H and O–H groups in total. The average molecular weight is 250 g/mol. The number of hydrogen-bond acceptors (Lipinski definition) is 1. The fourth-order valence-electron chi connectivity index (χ4n) is 0.965. The molecule has 0 radical (unpaired) electrons. The molecule has 0 heterocycles. The molecule has 1 rings (SSSR count). The fourth-order valence-corrected chi connectivity index (χ4v) is 1.70. The summed E-state index contributed by atoms with van der Waals surface area (Å²) in [5.74, 6) is 1.34. The number of ether oxygens (including phenoxy) is 1. The number of benzene rings is 1. The van der Waals surface area contributed by atoms with Crippen LogP contribution in [-0.2, 0) is 5.88 Å². The van der Waals surface area contributed by atoms with E-state index in [0.29, 0.717) is 12.5 Å². The van der Waals surface area contributed by atoms with Gasteiger partial charge in [-0.25, -0.2) is 0 Å². The summed E-state index contributed by atoms with van der Waals surface area (Å²) in [5.41, 5.74) is 1.02. The van der Waals surface area contributed by atoms with Crippen LogP contribution in [0.25, 0.3) is 0 Å².